The number of aryl methyl sites for hydroxylation is 1. The van der Waals surface area contributed by atoms with Gasteiger partial charge in [-0.25, -0.2) is 24.9 Å². The smallest absolute Gasteiger partial charge is 0.273 e. The number of pyridine rings is 1. The van der Waals surface area contributed by atoms with Crippen LogP contribution in [0.4, 0.5) is 11.6 Å². The number of nitrogens with one attached hydrogen (secondary N) is 1. The van der Waals surface area contributed by atoms with Crippen molar-refractivity contribution in [1.29, 1.82) is 0 Å². The Balaban J connectivity index is 1.39. The molecule has 6 rings (SSSR count). The number of rotatable bonds is 5. The summed E-state index contributed by atoms with van der Waals surface area (Å²) in [5.74, 6) is 0.955. The SMILES string of the molecule is Cc1cc(C(=O)Nc2ccccn2)ccc1-c1nc(C2CCCCN2C(=O)c2ccnc(Cl)n2)n2ccnc(N)c12. The van der Waals surface area contributed by atoms with Crippen molar-refractivity contribution in [3.8, 4) is 11.3 Å². The van der Waals surface area contributed by atoms with Crippen LogP contribution >= 0.6 is 11.6 Å². The molecule has 5 heterocycles. The standard InChI is InChI=1S/C29H26ClN9O2/c1-17-16-18(27(40)36-22-7-2-4-11-32-22)8-9-19(17)23-24-25(31)33-13-15-39(24)26(37-23)21-6-3-5-14-38(21)28(41)20-10-12-34-29(30)35-20/h2,4,7-13,15-16,21H,3,5-6,14H2,1H3,(H2,31,33)(H,32,36,40). The fourth-order valence-corrected chi connectivity index (χ4v) is 5.40. The van der Waals surface area contributed by atoms with Crippen molar-refractivity contribution < 1.29 is 9.59 Å². The van der Waals surface area contributed by atoms with E-state index in [0.717, 1.165) is 30.4 Å². The van der Waals surface area contributed by atoms with Crippen LogP contribution in [0.25, 0.3) is 16.8 Å². The van der Waals surface area contributed by atoms with Crippen LogP contribution in [0.3, 0.4) is 0 Å². The number of halogens is 1. The van der Waals surface area contributed by atoms with Gasteiger partial charge in [-0.05, 0) is 73.7 Å². The Morgan fingerprint density at radius 3 is 2.68 bits per heavy atom. The number of nitrogens with two attached hydrogens (primary N) is 1. The van der Waals surface area contributed by atoms with Gasteiger partial charge in [-0.2, -0.15) is 0 Å². The van der Waals surface area contributed by atoms with Crippen molar-refractivity contribution in [2.45, 2.75) is 32.2 Å². The molecule has 0 radical (unpaired) electrons. The van der Waals surface area contributed by atoms with E-state index in [2.05, 4.69) is 25.3 Å². The molecule has 0 bridgehead atoms. The van der Waals surface area contributed by atoms with Crippen LogP contribution < -0.4 is 11.1 Å². The van der Waals surface area contributed by atoms with E-state index in [1.807, 2.05) is 17.4 Å². The Labute approximate surface area is 240 Å². The fourth-order valence-electron chi connectivity index (χ4n) is 5.25. The number of fused-ring (bicyclic) bond motifs is 1. The van der Waals surface area contributed by atoms with E-state index in [1.54, 1.807) is 59.9 Å². The van der Waals surface area contributed by atoms with Gasteiger partial charge in [-0.1, -0.05) is 12.1 Å². The van der Waals surface area contributed by atoms with Crippen LogP contribution in [-0.4, -0.2) is 52.6 Å². The van der Waals surface area contributed by atoms with Crippen LogP contribution in [0.15, 0.2) is 67.3 Å². The third-order valence-electron chi connectivity index (χ3n) is 7.17. The molecule has 0 aliphatic carbocycles. The topological polar surface area (TPSA) is 144 Å². The van der Waals surface area contributed by atoms with Crippen molar-refractivity contribution in [3.05, 3.63) is 95.2 Å². The van der Waals surface area contributed by atoms with Gasteiger partial charge in [0.2, 0.25) is 5.28 Å². The molecule has 41 heavy (non-hydrogen) atoms. The minimum atomic E-state index is -0.322. The molecule has 1 aliphatic rings. The minimum Gasteiger partial charge on any atom is -0.382 e. The molecular formula is C29H26ClN9O2. The Hall–Kier alpha value is -4.90. The molecule has 1 aliphatic heterocycles. The minimum absolute atomic E-state index is 0.0180. The summed E-state index contributed by atoms with van der Waals surface area (Å²) in [6.07, 6.45) is 9.03. The molecule has 3 N–H and O–H groups in total. The van der Waals surface area contributed by atoms with Gasteiger partial charge in [0.25, 0.3) is 11.8 Å². The zero-order valence-electron chi connectivity index (χ0n) is 22.2. The maximum Gasteiger partial charge on any atom is 0.273 e. The number of aromatic nitrogens is 6. The summed E-state index contributed by atoms with van der Waals surface area (Å²) >= 11 is 5.98. The van der Waals surface area contributed by atoms with Gasteiger partial charge in [-0.3, -0.25) is 14.0 Å². The molecule has 2 amide bonds. The highest BCUT2D eigenvalue weighted by molar-refractivity contribution is 6.28. The van der Waals surface area contributed by atoms with Gasteiger partial charge in [-0.15, -0.1) is 0 Å². The fraction of sp³-hybridized carbons (Fsp3) is 0.207. The van der Waals surface area contributed by atoms with Gasteiger partial charge >= 0.3 is 0 Å². The van der Waals surface area contributed by atoms with Gasteiger partial charge in [0.05, 0.1) is 6.04 Å². The molecule has 4 aromatic heterocycles. The number of amides is 2. The summed E-state index contributed by atoms with van der Waals surface area (Å²) in [4.78, 5) is 49.8. The van der Waals surface area contributed by atoms with E-state index >= 15 is 0 Å². The van der Waals surface area contributed by atoms with Gasteiger partial charge in [0.15, 0.2) is 0 Å². The molecule has 11 nitrogen and oxygen atoms in total. The number of piperidine rings is 1. The van der Waals surface area contributed by atoms with E-state index in [0.29, 0.717) is 40.8 Å². The third-order valence-corrected chi connectivity index (χ3v) is 7.35. The molecule has 1 unspecified atom stereocenters. The van der Waals surface area contributed by atoms with Gasteiger partial charge in [0, 0.05) is 42.5 Å². The molecule has 1 fully saturated rings. The molecule has 1 saturated heterocycles. The van der Waals surface area contributed by atoms with Crippen molar-refractivity contribution in [2.75, 3.05) is 17.6 Å². The van der Waals surface area contributed by atoms with Gasteiger partial charge < -0.3 is 16.0 Å². The highest BCUT2D eigenvalue weighted by atomic mass is 35.5. The third kappa shape index (κ3) is 5.07. The monoisotopic (exact) mass is 567 g/mol. The van der Waals surface area contributed by atoms with Crippen LogP contribution in [0.1, 0.15) is 57.5 Å². The molecule has 1 atom stereocenters. The second-order valence-corrected chi connectivity index (χ2v) is 10.1. The summed E-state index contributed by atoms with van der Waals surface area (Å²) in [7, 11) is 0. The first-order valence-corrected chi connectivity index (χ1v) is 13.5. The molecule has 0 saturated carbocycles. The second kappa shape index (κ2) is 10.9. The van der Waals surface area contributed by atoms with Crippen LogP contribution in [0.2, 0.25) is 5.28 Å². The number of hydrogen-bond acceptors (Lipinski definition) is 8. The summed E-state index contributed by atoms with van der Waals surface area (Å²) in [5.41, 5.74) is 10.0. The zero-order chi connectivity index (χ0) is 28.5. The first kappa shape index (κ1) is 26.3. The predicted octanol–water partition coefficient (Wildman–Crippen LogP) is 4.75. The van der Waals surface area contributed by atoms with Crippen LogP contribution in [0.5, 0.6) is 0 Å². The van der Waals surface area contributed by atoms with Crippen molar-refractivity contribution in [1.82, 2.24) is 34.2 Å². The molecule has 0 spiro atoms. The molecule has 1 aromatic carbocycles. The number of likely N-dealkylation sites (tertiary alicyclic amines) is 1. The summed E-state index contributed by atoms with van der Waals surface area (Å²) < 4.78 is 1.90. The van der Waals surface area contributed by atoms with Crippen molar-refractivity contribution in [3.63, 3.8) is 0 Å². The number of nitrogens with zero attached hydrogens (tertiary/aromatic N) is 7. The average Bonchev–Trinajstić information content (AvgIpc) is 3.38. The van der Waals surface area contributed by atoms with Crippen LogP contribution in [-0.2, 0) is 0 Å². The number of carbonyl (C=O) groups is 2. The first-order valence-electron chi connectivity index (χ1n) is 13.2. The first-order chi connectivity index (χ1) is 19.9. The maximum atomic E-state index is 13.6. The number of anilines is 2. The highest BCUT2D eigenvalue weighted by Gasteiger charge is 2.34. The van der Waals surface area contributed by atoms with E-state index in [-0.39, 0.29) is 28.8 Å². The van der Waals surface area contributed by atoms with Crippen molar-refractivity contribution in [2.24, 2.45) is 0 Å². The summed E-state index contributed by atoms with van der Waals surface area (Å²) in [6.45, 7) is 2.47. The predicted molar refractivity (Wildman–Crippen MR) is 154 cm³/mol. The quantitative estimate of drug-likeness (QED) is 0.290. The zero-order valence-corrected chi connectivity index (χ0v) is 22.9. The number of benzene rings is 1. The normalized spacial score (nSPS) is 15.2. The van der Waals surface area contributed by atoms with Crippen LogP contribution in [0, 0.1) is 6.92 Å². The van der Waals surface area contributed by atoms with E-state index < -0.39 is 0 Å². The Bertz CT molecular complexity index is 1770. The van der Waals surface area contributed by atoms with E-state index in [9.17, 15) is 9.59 Å². The maximum absolute atomic E-state index is 13.6. The number of imidazole rings is 1. The largest absolute Gasteiger partial charge is 0.382 e. The molecule has 12 heteroatoms. The van der Waals surface area contributed by atoms with Gasteiger partial charge in [0.1, 0.15) is 34.4 Å². The summed E-state index contributed by atoms with van der Waals surface area (Å²) in [6, 6.07) is 12.0. The lowest BCUT2D eigenvalue weighted by molar-refractivity contribution is 0.0593. The molecule has 206 valence electrons. The Morgan fingerprint density at radius 2 is 1.90 bits per heavy atom. The van der Waals surface area contributed by atoms with Crippen molar-refractivity contribution >= 4 is 40.6 Å². The summed E-state index contributed by atoms with van der Waals surface area (Å²) in [5, 5.41) is 2.83. The lowest BCUT2D eigenvalue weighted by atomic mass is 10.0. The average molecular weight is 568 g/mol. The lowest BCUT2D eigenvalue weighted by Crippen LogP contribution is -2.39. The molecular weight excluding hydrogens is 542 g/mol. The Kier molecular flexibility index (Phi) is 7.02. The second-order valence-electron chi connectivity index (χ2n) is 9.77. The number of hydrogen-bond donors (Lipinski definition) is 2. The number of carbonyl (C=O) groups excluding carboxylic acids is 2. The highest BCUT2D eigenvalue weighted by Crippen LogP contribution is 2.37. The van der Waals surface area contributed by atoms with E-state index in [1.165, 1.54) is 6.20 Å². The van der Waals surface area contributed by atoms with E-state index in [4.69, 9.17) is 22.3 Å². The number of nitrogen functional groups attached to an aromatic ring is 1. The Morgan fingerprint density at radius 1 is 1.02 bits per heavy atom. The lowest BCUT2D eigenvalue weighted by Gasteiger charge is -2.34. The molecule has 5 aromatic rings.